The lowest BCUT2D eigenvalue weighted by atomic mass is 9.97. The van der Waals surface area contributed by atoms with Crippen molar-refractivity contribution in [2.75, 3.05) is 0 Å². The van der Waals surface area contributed by atoms with Crippen LogP contribution in [0.3, 0.4) is 0 Å². The molecule has 0 spiro atoms. The Balaban J connectivity index is 0.000000861. The summed E-state index contributed by atoms with van der Waals surface area (Å²) in [5.74, 6) is 0. The first-order valence-corrected chi connectivity index (χ1v) is 6.93. The van der Waals surface area contributed by atoms with Crippen molar-refractivity contribution >= 4 is 24.3 Å². The van der Waals surface area contributed by atoms with E-state index in [9.17, 15) is 0 Å². The molecule has 0 N–H and O–H groups in total. The van der Waals surface area contributed by atoms with Gasteiger partial charge in [-0.15, -0.1) is 0 Å². The van der Waals surface area contributed by atoms with Gasteiger partial charge in [0.25, 0.3) is 0 Å². The SMILES string of the molecule is C=Cc1cc2c(c(C)c1C=C)=CC=C(C)CC=2.CC. The highest BCUT2D eigenvalue weighted by molar-refractivity contribution is 5.68. The second-order valence-corrected chi connectivity index (χ2v) is 4.50. The van der Waals surface area contributed by atoms with E-state index in [-0.39, 0.29) is 0 Å². The molecule has 0 aromatic heterocycles. The maximum atomic E-state index is 3.90. The van der Waals surface area contributed by atoms with Gasteiger partial charge in [-0.3, -0.25) is 0 Å². The van der Waals surface area contributed by atoms with Gasteiger partial charge in [-0.05, 0) is 53.5 Å². The number of allylic oxidation sites excluding steroid dienone is 2. The largest absolute Gasteiger partial charge is 0.0984 e. The third-order valence-electron chi connectivity index (χ3n) is 3.34. The summed E-state index contributed by atoms with van der Waals surface area (Å²) in [6.45, 7) is 16.1. The number of benzene rings is 1. The maximum absolute atomic E-state index is 3.90. The van der Waals surface area contributed by atoms with Crippen LogP contribution in [0.1, 0.15) is 43.9 Å². The van der Waals surface area contributed by atoms with E-state index in [2.05, 4.69) is 51.3 Å². The zero-order valence-electron chi connectivity index (χ0n) is 12.6. The van der Waals surface area contributed by atoms with Crippen LogP contribution in [0.4, 0.5) is 0 Å². The first-order valence-electron chi connectivity index (χ1n) is 6.93. The average Bonchev–Trinajstić information content (AvgIpc) is 2.63. The van der Waals surface area contributed by atoms with Crippen LogP contribution < -0.4 is 10.4 Å². The summed E-state index contributed by atoms with van der Waals surface area (Å²) in [6.07, 6.45) is 11.6. The second-order valence-electron chi connectivity index (χ2n) is 4.50. The number of hydrogen-bond acceptors (Lipinski definition) is 0. The van der Waals surface area contributed by atoms with Crippen LogP contribution in [-0.4, -0.2) is 0 Å². The molecule has 0 bridgehead atoms. The van der Waals surface area contributed by atoms with Gasteiger partial charge in [-0.1, -0.05) is 63.0 Å². The third-order valence-corrected chi connectivity index (χ3v) is 3.34. The van der Waals surface area contributed by atoms with Gasteiger partial charge >= 0.3 is 0 Å². The monoisotopic (exact) mass is 252 g/mol. The van der Waals surface area contributed by atoms with Crippen molar-refractivity contribution < 1.29 is 0 Å². The van der Waals surface area contributed by atoms with Crippen molar-refractivity contribution in [3.63, 3.8) is 0 Å². The molecule has 0 aliphatic heterocycles. The summed E-state index contributed by atoms with van der Waals surface area (Å²) < 4.78 is 0. The zero-order valence-corrected chi connectivity index (χ0v) is 12.6. The Morgan fingerprint density at radius 1 is 1.05 bits per heavy atom. The van der Waals surface area contributed by atoms with Crippen LogP contribution in [0, 0.1) is 6.92 Å². The molecule has 0 heteroatoms. The zero-order chi connectivity index (χ0) is 14.4. The van der Waals surface area contributed by atoms with Gasteiger partial charge in [-0.25, -0.2) is 0 Å². The van der Waals surface area contributed by atoms with Crippen LogP contribution in [0.2, 0.25) is 0 Å². The van der Waals surface area contributed by atoms with Crippen LogP contribution in [0.5, 0.6) is 0 Å². The summed E-state index contributed by atoms with van der Waals surface area (Å²) in [5, 5.41) is 2.61. The smallest absolute Gasteiger partial charge is 0.0129 e. The van der Waals surface area contributed by atoms with Crippen LogP contribution >= 0.6 is 0 Å². The van der Waals surface area contributed by atoms with Gasteiger partial charge in [0.1, 0.15) is 0 Å². The van der Waals surface area contributed by atoms with Crippen molar-refractivity contribution in [2.24, 2.45) is 0 Å². The Hall–Kier alpha value is -1.82. The molecular weight excluding hydrogens is 228 g/mol. The lowest BCUT2D eigenvalue weighted by Gasteiger charge is -2.07. The van der Waals surface area contributed by atoms with E-state index in [0.717, 1.165) is 6.42 Å². The number of fused-ring (bicyclic) bond motifs is 1. The van der Waals surface area contributed by atoms with Crippen LogP contribution in [0.15, 0.2) is 30.9 Å². The lowest BCUT2D eigenvalue weighted by molar-refractivity contribution is 1.26. The van der Waals surface area contributed by atoms with Crippen molar-refractivity contribution in [2.45, 2.75) is 34.1 Å². The van der Waals surface area contributed by atoms with Gasteiger partial charge < -0.3 is 0 Å². The van der Waals surface area contributed by atoms with Crippen molar-refractivity contribution in [3.05, 3.63) is 58.0 Å². The highest BCUT2D eigenvalue weighted by atomic mass is 14.1. The molecular formula is C19H24. The maximum Gasteiger partial charge on any atom is -0.0129 e. The van der Waals surface area contributed by atoms with Gasteiger partial charge in [0.05, 0.1) is 0 Å². The summed E-state index contributed by atoms with van der Waals surface area (Å²) >= 11 is 0. The van der Waals surface area contributed by atoms with Gasteiger partial charge in [0.2, 0.25) is 0 Å². The van der Waals surface area contributed by atoms with Gasteiger partial charge in [0.15, 0.2) is 0 Å². The summed E-state index contributed by atoms with van der Waals surface area (Å²) in [6, 6.07) is 2.20. The molecule has 0 saturated carbocycles. The Kier molecular flexibility index (Phi) is 5.57. The van der Waals surface area contributed by atoms with E-state index in [4.69, 9.17) is 0 Å². The highest BCUT2D eigenvalue weighted by Gasteiger charge is 2.04. The van der Waals surface area contributed by atoms with E-state index < -0.39 is 0 Å². The highest BCUT2D eigenvalue weighted by Crippen LogP contribution is 2.13. The van der Waals surface area contributed by atoms with Crippen molar-refractivity contribution in [1.29, 1.82) is 0 Å². The van der Waals surface area contributed by atoms with Crippen LogP contribution in [-0.2, 0) is 0 Å². The Morgan fingerprint density at radius 3 is 2.32 bits per heavy atom. The van der Waals surface area contributed by atoms with Crippen LogP contribution in [0.25, 0.3) is 24.3 Å². The van der Waals surface area contributed by atoms with E-state index in [1.165, 1.54) is 32.7 Å². The molecule has 1 aliphatic rings. The van der Waals surface area contributed by atoms with Crippen molar-refractivity contribution in [3.8, 4) is 0 Å². The summed E-state index contributed by atoms with van der Waals surface area (Å²) in [5.41, 5.74) is 5.03. The molecule has 0 amide bonds. The first-order chi connectivity index (χ1) is 9.17. The molecule has 0 atom stereocenters. The molecule has 0 radical (unpaired) electrons. The van der Waals surface area contributed by atoms with E-state index in [1.807, 2.05) is 26.0 Å². The minimum Gasteiger partial charge on any atom is -0.0984 e. The molecule has 19 heavy (non-hydrogen) atoms. The summed E-state index contributed by atoms with van der Waals surface area (Å²) in [4.78, 5) is 0. The third kappa shape index (κ3) is 3.14. The van der Waals surface area contributed by atoms with E-state index in [0.29, 0.717) is 0 Å². The Labute approximate surface area is 117 Å². The van der Waals surface area contributed by atoms with E-state index in [1.54, 1.807) is 0 Å². The Morgan fingerprint density at radius 2 is 1.74 bits per heavy atom. The standard InChI is InChI=1S/C17H18.C2H6/c1-5-14-11-15-9-7-12(3)8-10-17(15)13(4)16(14)6-2;1-2/h5-6,8-11H,1-2,7H2,3-4H3;1-2H3. The van der Waals surface area contributed by atoms with E-state index >= 15 is 0 Å². The molecule has 0 unspecified atom stereocenters. The minimum absolute atomic E-state index is 1.02. The molecule has 1 aromatic carbocycles. The first kappa shape index (κ1) is 15.2. The number of rotatable bonds is 2. The topological polar surface area (TPSA) is 0 Å². The molecule has 100 valence electrons. The molecule has 1 aliphatic carbocycles. The fourth-order valence-corrected chi connectivity index (χ4v) is 2.30. The van der Waals surface area contributed by atoms with Gasteiger partial charge in [-0.2, -0.15) is 0 Å². The second kappa shape index (κ2) is 6.94. The minimum atomic E-state index is 1.02. The fraction of sp³-hybridized carbons (Fsp3) is 0.263. The molecule has 0 saturated heterocycles. The molecule has 2 rings (SSSR count). The quantitative estimate of drug-likeness (QED) is 0.739. The van der Waals surface area contributed by atoms with Crippen molar-refractivity contribution in [1.82, 2.24) is 0 Å². The molecule has 1 aromatic rings. The molecule has 0 fully saturated rings. The summed E-state index contributed by atoms with van der Waals surface area (Å²) in [7, 11) is 0. The number of hydrogen-bond donors (Lipinski definition) is 0. The Bertz CT molecular complexity index is 625. The lowest BCUT2D eigenvalue weighted by Crippen LogP contribution is -2.28. The van der Waals surface area contributed by atoms with Gasteiger partial charge in [0, 0.05) is 0 Å². The average molecular weight is 252 g/mol. The molecule has 0 nitrogen and oxygen atoms in total. The predicted octanol–water partition coefficient (Wildman–Crippen LogP) is 4.22. The molecule has 0 heterocycles. The normalized spacial score (nSPS) is 12.5. The predicted molar refractivity (Wildman–Crippen MR) is 89.3 cm³/mol. The fourth-order valence-electron chi connectivity index (χ4n) is 2.30.